The minimum atomic E-state index is -1.32. The Morgan fingerprint density at radius 2 is 1.89 bits per heavy atom. The van der Waals surface area contributed by atoms with Crippen molar-refractivity contribution in [1.29, 1.82) is 0 Å². The van der Waals surface area contributed by atoms with Gasteiger partial charge in [0.1, 0.15) is 0 Å². The van der Waals surface area contributed by atoms with E-state index in [0.717, 1.165) is 29.7 Å². The first-order valence-electron chi connectivity index (χ1n) is 9.68. The summed E-state index contributed by atoms with van der Waals surface area (Å²) in [6.45, 7) is 4.10. The van der Waals surface area contributed by atoms with Gasteiger partial charge in [0.05, 0.1) is 39.2 Å². The lowest BCUT2D eigenvalue weighted by molar-refractivity contribution is -0.256. The minimum absolute atomic E-state index is 0.182. The first-order chi connectivity index (χ1) is 13.7. The van der Waals surface area contributed by atoms with E-state index in [1.807, 2.05) is 42.5 Å². The Bertz CT molecular complexity index is 860. The summed E-state index contributed by atoms with van der Waals surface area (Å²) in [5.41, 5.74) is 2.53. The van der Waals surface area contributed by atoms with Crippen LogP contribution in [0.5, 0.6) is 11.5 Å². The predicted molar refractivity (Wildman–Crippen MR) is 105 cm³/mol. The second-order valence-corrected chi connectivity index (χ2v) is 6.91. The number of amides is 1. The number of rotatable bonds is 6. The fourth-order valence-corrected chi connectivity index (χ4v) is 3.68. The van der Waals surface area contributed by atoms with Crippen molar-refractivity contribution in [3.63, 3.8) is 0 Å². The molecule has 0 bridgehead atoms. The second kappa shape index (κ2) is 7.81. The van der Waals surface area contributed by atoms with E-state index in [-0.39, 0.29) is 5.91 Å². The number of fused-ring (bicyclic) bond motifs is 2. The fraction of sp³-hybridized carbons (Fsp3) is 0.409. The van der Waals surface area contributed by atoms with Crippen LogP contribution in [0.2, 0.25) is 0 Å². The predicted octanol–water partition coefficient (Wildman–Crippen LogP) is 3.62. The third-order valence-electron chi connectivity index (χ3n) is 5.01. The highest BCUT2D eigenvalue weighted by Crippen LogP contribution is 2.45. The number of nitrogens with zero attached hydrogens (tertiary/aromatic N) is 1. The summed E-state index contributed by atoms with van der Waals surface area (Å²) in [5, 5.41) is 0. The molecule has 0 atom stereocenters. The van der Waals surface area contributed by atoms with Crippen LogP contribution in [-0.4, -0.2) is 32.8 Å². The van der Waals surface area contributed by atoms with Crippen molar-refractivity contribution >= 4 is 11.6 Å². The zero-order valence-electron chi connectivity index (χ0n) is 16.3. The number of methoxy groups -OCH3 is 1. The van der Waals surface area contributed by atoms with Crippen LogP contribution in [0.1, 0.15) is 30.9 Å². The Morgan fingerprint density at radius 3 is 2.64 bits per heavy atom. The van der Waals surface area contributed by atoms with Gasteiger partial charge in [-0.3, -0.25) is 4.79 Å². The number of carbonyl (C=O) groups is 1. The number of carbonyl (C=O) groups excluding carboxylic acids is 1. The molecular formula is C22H25NO5. The molecule has 2 aliphatic rings. The monoisotopic (exact) mass is 383 g/mol. The average molecular weight is 383 g/mol. The Balaban J connectivity index is 1.64. The summed E-state index contributed by atoms with van der Waals surface area (Å²) >= 11 is 0. The molecule has 148 valence electrons. The number of anilines is 1. The first-order valence-corrected chi connectivity index (χ1v) is 9.68. The summed E-state index contributed by atoms with van der Waals surface area (Å²) in [6, 6.07) is 13.4. The molecule has 1 saturated heterocycles. The molecule has 0 saturated carbocycles. The van der Waals surface area contributed by atoms with Crippen molar-refractivity contribution in [2.45, 2.75) is 32.1 Å². The highest BCUT2D eigenvalue weighted by Gasteiger charge is 2.54. The third kappa shape index (κ3) is 3.12. The van der Waals surface area contributed by atoms with Crippen LogP contribution in [0.25, 0.3) is 0 Å². The van der Waals surface area contributed by atoms with E-state index in [1.165, 1.54) is 0 Å². The lowest BCUT2D eigenvalue weighted by Crippen LogP contribution is -2.47. The largest absolute Gasteiger partial charge is 0.493 e. The molecule has 2 heterocycles. The first kappa shape index (κ1) is 18.8. The van der Waals surface area contributed by atoms with Gasteiger partial charge in [-0.2, -0.15) is 0 Å². The van der Waals surface area contributed by atoms with E-state index < -0.39 is 5.79 Å². The van der Waals surface area contributed by atoms with Crippen molar-refractivity contribution in [3.8, 4) is 11.5 Å². The van der Waals surface area contributed by atoms with Crippen LogP contribution in [-0.2, 0) is 26.6 Å². The number of ether oxygens (including phenoxy) is 4. The standard InChI is InChI=1S/C22H25NO5/c1-3-11-26-19-10-9-16(14-20(19)25-2)15-23-18-8-5-4-7-17(18)22(21(23)24)27-12-6-13-28-22/h4-5,7-10,14H,3,6,11-13,15H2,1-2H3. The van der Waals surface area contributed by atoms with Gasteiger partial charge in [0.2, 0.25) is 0 Å². The van der Waals surface area contributed by atoms with Crippen LogP contribution in [0.4, 0.5) is 5.69 Å². The molecule has 2 aromatic carbocycles. The number of para-hydroxylation sites is 1. The van der Waals surface area contributed by atoms with E-state index in [4.69, 9.17) is 18.9 Å². The van der Waals surface area contributed by atoms with Gasteiger partial charge in [0.15, 0.2) is 11.5 Å². The Kier molecular flexibility index (Phi) is 5.24. The maximum atomic E-state index is 13.3. The average Bonchev–Trinajstić information content (AvgIpc) is 2.96. The maximum absolute atomic E-state index is 13.3. The second-order valence-electron chi connectivity index (χ2n) is 6.91. The normalized spacial score (nSPS) is 17.6. The topological polar surface area (TPSA) is 57.2 Å². The van der Waals surface area contributed by atoms with Crippen LogP contribution in [0, 0.1) is 0 Å². The Morgan fingerprint density at radius 1 is 1.11 bits per heavy atom. The van der Waals surface area contributed by atoms with Crippen LogP contribution >= 0.6 is 0 Å². The summed E-state index contributed by atoms with van der Waals surface area (Å²) in [4.78, 5) is 15.1. The quantitative estimate of drug-likeness (QED) is 0.763. The summed E-state index contributed by atoms with van der Waals surface area (Å²) in [7, 11) is 1.62. The van der Waals surface area contributed by atoms with E-state index in [1.54, 1.807) is 12.0 Å². The van der Waals surface area contributed by atoms with Crippen molar-refractivity contribution in [3.05, 3.63) is 53.6 Å². The van der Waals surface area contributed by atoms with Gasteiger partial charge in [-0.15, -0.1) is 0 Å². The lowest BCUT2D eigenvalue weighted by Gasteiger charge is -2.32. The molecule has 2 aromatic rings. The number of hydrogen-bond acceptors (Lipinski definition) is 5. The van der Waals surface area contributed by atoms with Gasteiger partial charge in [-0.05, 0) is 36.6 Å². The molecule has 28 heavy (non-hydrogen) atoms. The van der Waals surface area contributed by atoms with Crippen LogP contribution in [0.15, 0.2) is 42.5 Å². The molecule has 0 aromatic heterocycles. The van der Waals surface area contributed by atoms with Crippen molar-refractivity contribution < 1.29 is 23.7 Å². The van der Waals surface area contributed by atoms with Crippen LogP contribution < -0.4 is 14.4 Å². The molecule has 1 fully saturated rings. The summed E-state index contributed by atoms with van der Waals surface area (Å²) in [5.74, 6) is -0.135. The Labute approximate surface area is 165 Å². The highest BCUT2D eigenvalue weighted by molar-refractivity contribution is 6.06. The fourth-order valence-electron chi connectivity index (χ4n) is 3.68. The minimum Gasteiger partial charge on any atom is -0.493 e. The molecular weight excluding hydrogens is 358 g/mol. The van der Waals surface area contributed by atoms with Gasteiger partial charge >= 0.3 is 0 Å². The van der Waals surface area contributed by atoms with Crippen molar-refractivity contribution in [2.75, 3.05) is 31.8 Å². The molecule has 2 aliphatic heterocycles. The molecule has 4 rings (SSSR count). The van der Waals surface area contributed by atoms with E-state index >= 15 is 0 Å². The molecule has 0 N–H and O–H groups in total. The molecule has 1 spiro atoms. The molecule has 6 nitrogen and oxygen atoms in total. The van der Waals surface area contributed by atoms with Gasteiger partial charge in [-0.1, -0.05) is 31.2 Å². The van der Waals surface area contributed by atoms with Gasteiger partial charge < -0.3 is 23.8 Å². The number of hydrogen-bond donors (Lipinski definition) is 0. The van der Waals surface area contributed by atoms with Crippen LogP contribution in [0.3, 0.4) is 0 Å². The molecule has 1 amide bonds. The lowest BCUT2D eigenvalue weighted by atomic mass is 10.1. The van der Waals surface area contributed by atoms with Gasteiger partial charge in [0, 0.05) is 5.56 Å². The van der Waals surface area contributed by atoms with Gasteiger partial charge in [-0.25, -0.2) is 0 Å². The SMILES string of the molecule is CCCOc1ccc(CN2C(=O)C3(OCCCO3)c3ccccc32)cc1OC. The van der Waals surface area contributed by atoms with Crippen molar-refractivity contribution in [1.82, 2.24) is 0 Å². The van der Waals surface area contributed by atoms with E-state index in [2.05, 4.69) is 6.92 Å². The highest BCUT2D eigenvalue weighted by atomic mass is 16.7. The smallest absolute Gasteiger partial charge is 0.292 e. The summed E-state index contributed by atoms with van der Waals surface area (Å²) in [6.07, 6.45) is 1.71. The van der Waals surface area contributed by atoms with E-state index in [0.29, 0.717) is 37.9 Å². The molecule has 0 radical (unpaired) electrons. The molecule has 0 unspecified atom stereocenters. The molecule has 0 aliphatic carbocycles. The Hall–Kier alpha value is -2.57. The van der Waals surface area contributed by atoms with Crippen molar-refractivity contribution in [2.24, 2.45) is 0 Å². The maximum Gasteiger partial charge on any atom is 0.292 e. The zero-order valence-corrected chi connectivity index (χ0v) is 16.3. The third-order valence-corrected chi connectivity index (χ3v) is 5.01. The molecule has 6 heteroatoms. The zero-order chi connectivity index (χ0) is 19.6. The van der Waals surface area contributed by atoms with Gasteiger partial charge in [0.25, 0.3) is 11.7 Å². The summed E-state index contributed by atoms with van der Waals surface area (Å²) < 4.78 is 23.0. The number of benzene rings is 2. The van der Waals surface area contributed by atoms with E-state index in [9.17, 15) is 4.79 Å².